The molecule has 1 aromatic heterocycles. The number of anilines is 1. The van der Waals surface area contributed by atoms with Gasteiger partial charge < -0.3 is 4.57 Å². The van der Waals surface area contributed by atoms with Crippen LogP contribution in [0.1, 0.15) is 16.8 Å². The summed E-state index contributed by atoms with van der Waals surface area (Å²) in [7, 11) is 0. The zero-order valence-corrected chi connectivity index (χ0v) is 16.7. The first-order valence-electron chi connectivity index (χ1n) is 9.49. The summed E-state index contributed by atoms with van der Waals surface area (Å²) in [5.74, 6) is -1.72. The van der Waals surface area contributed by atoms with Gasteiger partial charge in [0.2, 0.25) is 0 Å². The number of benzene rings is 2. The summed E-state index contributed by atoms with van der Waals surface area (Å²) in [5.41, 5.74) is 0.317. The van der Waals surface area contributed by atoms with Crippen molar-refractivity contribution in [2.45, 2.75) is 13.1 Å². The smallest absolute Gasteiger partial charge is 0.317 e. The number of hydrogen-bond donors (Lipinski definition) is 1. The van der Waals surface area contributed by atoms with Crippen LogP contribution in [0.25, 0.3) is 11.8 Å². The number of nitrogens with one attached hydrogen (secondary N) is 1. The van der Waals surface area contributed by atoms with Crippen LogP contribution in [0.3, 0.4) is 0 Å². The lowest BCUT2D eigenvalue weighted by molar-refractivity contribution is -0.137. The van der Waals surface area contributed by atoms with Crippen LogP contribution in [-0.2, 0) is 15.8 Å². The van der Waals surface area contributed by atoms with Gasteiger partial charge in [-0.15, -0.1) is 0 Å². The number of imide groups is 2. The topological polar surface area (TPSA) is 71.4 Å². The van der Waals surface area contributed by atoms with E-state index in [2.05, 4.69) is 5.32 Å². The number of barbiturate groups is 1. The van der Waals surface area contributed by atoms with E-state index in [-0.39, 0.29) is 11.3 Å². The Balaban J connectivity index is 1.76. The summed E-state index contributed by atoms with van der Waals surface area (Å²) < 4.78 is 40.7. The number of rotatable bonds is 3. The maximum Gasteiger partial charge on any atom is 0.416 e. The quantitative estimate of drug-likeness (QED) is 0.484. The first-order chi connectivity index (χ1) is 15.2. The third-order valence-electron chi connectivity index (χ3n) is 4.98. The highest BCUT2D eigenvalue weighted by Crippen LogP contribution is 2.31. The number of aromatic nitrogens is 1. The minimum absolute atomic E-state index is 0.201. The van der Waals surface area contributed by atoms with Crippen LogP contribution in [0.5, 0.6) is 0 Å². The Morgan fingerprint density at radius 3 is 2.41 bits per heavy atom. The van der Waals surface area contributed by atoms with Crippen molar-refractivity contribution in [2.24, 2.45) is 0 Å². The van der Waals surface area contributed by atoms with Crippen molar-refractivity contribution in [3.63, 3.8) is 0 Å². The molecular formula is C23H16F3N3O3. The van der Waals surface area contributed by atoms with Gasteiger partial charge in [-0.3, -0.25) is 14.9 Å². The first-order valence-corrected chi connectivity index (χ1v) is 9.49. The molecule has 1 saturated heterocycles. The van der Waals surface area contributed by atoms with Crippen molar-refractivity contribution in [3.8, 4) is 5.69 Å². The van der Waals surface area contributed by atoms with Gasteiger partial charge in [-0.2, -0.15) is 13.2 Å². The van der Waals surface area contributed by atoms with Gasteiger partial charge in [-0.25, -0.2) is 9.69 Å². The summed E-state index contributed by atoms with van der Waals surface area (Å²) in [6, 6.07) is 13.6. The van der Waals surface area contributed by atoms with Crippen LogP contribution in [-0.4, -0.2) is 22.4 Å². The molecule has 32 heavy (non-hydrogen) atoms. The minimum Gasteiger partial charge on any atom is -0.317 e. The summed E-state index contributed by atoms with van der Waals surface area (Å²) in [4.78, 5) is 38.7. The summed E-state index contributed by atoms with van der Waals surface area (Å²) in [5, 5.41) is 2.14. The predicted octanol–water partition coefficient (Wildman–Crippen LogP) is 4.47. The Kier molecular flexibility index (Phi) is 5.17. The van der Waals surface area contributed by atoms with Gasteiger partial charge in [0.05, 0.1) is 11.3 Å². The Morgan fingerprint density at radius 1 is 0.938 bits per heavy atom. The second-order valence-corrected chi connectivity index (χ2v) is 7.10. The lowest BCUT2D eigenvalue weighted by atomic mass is 10.1. The number of carbonyl (C=O) groups excluding carboxylic acids is 3. The Morgan fingerprint density at radius 2 is 1.69 bits per heavy atom. The van der Waals surface area contributed by atoms with Gasteiger partial charge in [-0.05, 0) is 55.0 Å². The number of carbonyl (C=O) groups is 3. The summed E-state index contributed by atoms with van der Waals surface area (Å²) >= 11 is 0. The molecule has 1 N–H and O–H groups in total. The van der Waals surface area contributed by atoms with E-state index in [9.17, 15) is 27.6 Å². The number of nitrogens with zero attached hydrogens (tertiary/aromatic N) is 2. The van der Waals surface area contributed by atoms with Gasteiger partial charge in [0.25, 0.3) is 11.8 Å². The average Bonchev–Trinajstić information content (AvgIpc) is 3.20. The maximum atomic E-state index is 13.1. The van der Waals surface area contributed by atoms with Crippen molar-refractivity contribution in [2.75, 3.05) is 4.90 Å². The fourth-order valence-corrected chi connectivity index (χ4v) is 3.42. The molecule has 0 bridgehead atoms. The fourth-order valence-electron chi connectivity index (χ4n) is 3.42. The Hall–Kier alpha value is -4.14. The second-order valence-electron chi connectivity index (χ2n) is 7.10. The molecule has 0 spiro atoms. The number of alkyl halides is 3. The van der Waals surface area contributed by atoms with E-state index in [0.29, 0.717) is 16.9 Å². The summed E-state index contributed by atoms with van der Waals surface area (Å²) in [6.45, 7) is 1.72. The third kappa shape index (κ3) is 3.80. The molecule has 4 amide bonds. The minimum atomic E-state index is -4.52. The molecule has 0 radical (unpaired) electrons. The van der Waals surface area contributed by atoms with E-state index in [4.69, 9.17) is 0 Å². The molecular weight excluding hydrogens is 423 g/mol. The molecule has 0 unspecified atom stereocenters. The van der Waals surface area contributed by atoms with E-state index in [1.165, 1.54) is 29.0 Å². The molecule has 1 aliphatic heterocycles. The number of halogens is 3. The van der Waals surface area contributed by atoms with Crippen molar-refractivity contribution in [1.29, 1.82) is 0 Å². The van der Waals surface area contributed by atoms with Gasteiger partial charge in [0.15, 0.2) is 0 Å². The first kappa shape index (κ1) is 21.1. The molecule has 6 nitrogen and oxygen atoms in total. The molecule has 4 rings (SSSR count). The number of amides is 4. The van der Waals surface area contributed by atoms with Gasteiger partial charge in [0.1, 0.15) is 5.57 Å². The lowest BCUT2D eigenvalue weighted by Crippen LogP contribution is -2.54. The lowest BCUT2D eigenvalue weighted by Gasteiger charge is -2.27. The molecule has 2 heterocycles. The maximum absolute atomic E-state index is 13.1. The largest absolute Gasteiger partial charge is 0.416 e. The van der Waals surface area contributed by atoms with Gasteiger partial charge in [0, 0.05) is 17.6 Å². The Bertz CT molecular complexity index is 1270. The third-order valence-corrected chi connectivity index (χ3v) is 4.98. The number of aryl methyl sites for hydroxylation is 1. The van der Waals surface area contributed by atoms with E-state index in [1.54, 1.807) is 43.3 Å². The van der Waals surface area contributed by atoms with E-state index in [0.717, 1.165) is 17.0 Å². The molecule has 162 valence electrons. The molecule has 2 aromatic carbocycles. The molecule has 0 atom stereocenters. The highest BCUT2D eigenvalue weighted by atomic mass is 19.4. The molecule has 0 aliphatic carbocycles. The van der Waals surface area contributed by atoms with Crippen molar-refractivity contribution in [3.05, 3.63) is 89.3 Å². The van der Waals surface area contributed by atoms with Crippen LogP contribution in [0.4, 0.5) is 23.7 Å². The predicted molar refractivity (Wildman–Crippen MR) is 111 cm³/mol. The van der Waals surface area contributed by atoms with Crippen molar-refractivity contribution < 1.29 is 27.6 Å². The molecule has 1 fully saturated rings. The normalized spacial score (nSPS) is 15.9. The molecule has 9 heteroatoms. The highest BCUT2D eigenvalue weighted by Gasteiger charge is 2.37. The van der Waals surface area contributed by atoms with E-state index < -0.39 is 29.6 Å². The summed E-state index contributed by atoms with van der Waals surface area (Å²) in [6.07, 6.45) is -1.76. The van der Waals surface area contributed by atoms with Crippen LogP contribution in [0.15, 0.2) is 72.4 Å². The fraction of sp³-hybridized carbons (Fsp3) is 0.0870. The number of hydrogen-bond acceptors (Lipinski definition) is 3. The van der Waals surface area contributed by atoms with E-state index >= 15 is 0 Å². The average molecular weight is 439 g/mol. The second kappa shape index (κ2) is 7.84. The van der Waals surface area contributed by atoms with Crippen LogP contribution in [0, 0.1) is 6.92 Å². The number of urea groups is 1. The number of para-hydroxylation sites is 1. The van der Waals surface area contributed by atoms with Crippen molar-refractivity contribution in [1.82, 2.24) is 9.88 Å². The molecule has 0 saturated carbocycles. The standard InChI is InChI=1S/C23H16F3N3O3/c1-14-6-2-3-10-19(14)29-21(31)18(20(30)27-22(29)32)13-17-9-5-11-28(17)16-8-4-7-15(12-16)23(24,25)26/h2-13H,1H3,(H,27,30,32)/b18-13+. The van der Waals surface area contributed by atoms with Crippen molar-refractivity contribution >= 4 is 29.6 Å². The molecule has 3 aromatic rings. The van der Waals surface area contributed by atoms with Crippen LogP contribution >= 0.6 is 0 Å². The van der Waals surface area contributed by atoms with Gasteiger partial charge in [-0.1, -0.05) is 24.3 Å². The zero-order valence-electron chi connectivity index (χ0n) is 16.7. The highest BCUT2D eigenvalue weighted by molar-refractivity contribution is 6.39. The monoisotopic (exact) mass is 439 g/mol. The zero-order chi connectivity index (χ0) is 23.0. The SMILES string of the molecule is Cc1ccccc1N1C(=O)NC(=O)/C(=C\c2cccn2-c2cccc(C(F)(F)F)c2)C1=O. The van der Waals surface area contributed by atoms with Crippen LogP contribution < -0.4 is 10.2 Å². The van der Waals surface area contributed by atoms with Crippen LogP contribution in [0.2, 0.25) is 0 Å². The van der Waals surface area contributed by atoms with E-state index in [1.807, 2.05) is 0 Å². The molecule has 1 aliphatic rings. The Labute approximate surface area is 180 Å². The van der Waals surface area contributed by atoms with Gasteiger partial charge >= 0.3 is 12.2 Å².